The van der Waals surface area contributed by atoms with Crippen LogP contribution in [0.3, 0.4) is 0 Å². The highest BCUT2D eigenvalue weighted by atomic mass is 31.2. The number of pyridine rings is 3. The molecule has 10 nitrogen and oxygen atoms in total. The van der Waals surface area contributed by atoms with Gasteiger partial charge in [0, 0.05) is 81.5 Å². The van der Waals surface area contributed by atoms with Gasteiger partial charge in [0.15, 0.2) is 0 Å². The van der Waals surface area contributed by atoms with E-state index < -0.39 is 7.60 Å². The van der Waals surface area contributed by atoms with E-state index in [9.17, 15) is 14.4 Å². The molecular formula is C41H28N7O3P. The van der Waals surface area contributed by atoms with Crippen molar-refractivity contribution in [3.8, 4) is 44.5 Å². The molecule has 0 aliphatic carbocycles. The molecule has 2 aliphatic rings. The first-order valence-corrected chi connectivity index (χ1v) is 18.1. The number of hydrogen-bond donors (Lipinski definition) is 4. The third-order valence-corrected chi connectivity index (χ3v) is 10.1. The molecule has 0 unspecified atom stereocenters. The summed E-state index contributed by atoms with van der Waals surface area (Å²) in [5.74, 6) is 0. The number of benzene rings is 1. The molecule has 8 bridgehead atoms. The van der Waals surface area contributed by atoms with Crippen LogP contribution in [0.15, 0.2) is 122 Å². The lowest BCUT2D eigenvalue weighted by atomic mass is 10.0. The zero-order valence-corrected chi connectivity index (χ0v) is 28.2. The Morgan fingerprint density at radius 2 is 0.692 bits per heavy atom. The van der Waals surface area contributed by atoms with Crippen LogP contribution in [0.1, 0.15) is 22.8 Å². The average Bonchev–Trinajstić information content (AvgIpc) is 4.01. The third kappa shape index (κ3) is 5.67. The minimum absolute atomic E-state index is 0.0569. The van der Waals surface area contributed by atoms with Gasteiger partial charge >= 0.3 is 7.60 Å². The van der Waals surface area contributed by atoms with Gasteiger partial charge in [-0.05, 0) is 119 Å². The van der Waals surface area contributed by atoms with E-state index in [2.05, 4.69) is 37.1 Å². The molecule has 0 saturated heterocycles. The molecule has 6 aromatic heterocycles. The second-order valence-electron chi connectivity index (χ2n) is 12.3. The maximum atomic E-state index is 12.1. The summed E-state index contributed by atoms with van der Waals surface area (Å²) in [5, 5.41) is -0.0569. The van der Waals surface area contributed by atoms with E-state index in [0.717, 1.165) is 83.7 Å². The first-order valence-electron chi connectivity index (χ1n) is 16.4. The Balaban J connectivity index is 1.45. The van der Waals surface area contributed by atoms with Crippen LogP contribution in [0.4, 0.5) is 0 Å². The van der Waals surface area contributed by atoms with Crippen LogP contribution in [0, 0.1) is 0 Å². The van der Waals surface area contributed by atoms with Gasteiger partial charge in [-0.2, -0.15) is 0 Å². The fourth-order valence-electron chi connectivity index (χ4n) is 6.80. The molecular weight excluding hydrogens is 669 g/mol. The van der Waals surface area contributed by atoms with Crippen LogP contribution in [0.2, 0.25) is 0 Å². The molecule has 0 atom stereocenters. The van der Waals surface area contributed by atoms with Crippen molar-refractivity contribution in [1.82, 2.24) is 34.9 Å². The van der Waals surface area contributed by atoms with E-state index in [1.54, 1.807) is 49.3 Å². The zero-order valence-electron chi connectivity index (χ0n) is 27.3. The molecule has 0 spiro atoms. The summed E-state index contributed by atoms with van der Waals surface area (Å²) in [6, 6.07) is 26.3. The minimum Gasteiger partial charge on any atom is -0.354 e. The summed E-state index contributed by atoms with van der Waals surface area (Å²) in [4.78, 5) is 50.3. The van der Waals surface area contributed by atoms with Crippen LogP contribution in [-0.2, 0) is 4.57 Å². The van der Waals surface area contributed by atoms with Gasteiger partial charge < -0.3 is 19.8 Å². The molecule has 0 saturated carbocycles. The fraction of sp³-hybridized carbons (Fsp3) is 0. The lowest BCUT2D eigenvalue weighted by Crippen LogP contribution is -2.02. The third-order valence-electron chi connectivity index (χ3n) is 9.15. The van der Waals surface area contributed by atoms with Gasteiger partial charge in [0.1, 0.15) is 0 Å². The molecule has 250 valence electrons. The quantitative estimate of drug-likeness (QED) is 0.131. The molecule has 7 aromatic rings. The van der Waals surface area contributed by atoms with Gasteiger partial charge in [-0.1, -0.05) is 12.1 Å². The molecule has 1 aromatic carbocycles. The molecule has 0 amide bonds. The normalized spacial score (nSPS) is 12.3. The van der Waals surface area contributed by atoms with Crippen LogP contribution in [-0.4, -0.2) is 44.7 Å². The molecule has 0 fully saturated rings. The summed E-state index contributed by atoms with van der Waals surface area (Å²) >= 11 is 0. The molecule has 8 heterocycles. The number of aromatic nitrogens is 7. The largest absolute Gasteiger partial charge is 0.356 e. The first kappa shape index (κ1) is 31.4. The van der Waals surface area contributed by atoms with Gasteiger partial charge in [0.25, 0.3) is 0 Å². The highest BCUT2D eigenvalue weighted by molar-refractivity contribution is 7.60. The number of H-pyrrole nitrogens is 2. The summed E-state index contributed by atoms with van der Waals surface area (Å²) in [6.45, 7) is 0. The van der Waals surface area contributed by atoms with Gasteiger partial charge in [-0.15, -0.1) is 0 Å². The second-order valence-corrected chi connectivity index (χ2v) is 13.9. The Bertz CT molecular complexity index is 2730. The lowest BCUT2D eigenvalue weighted by Gasteiger charge is -2.08. The molecule has 2 aliphatic heterocycles. The smallest absolute Gasteiger partial charge is 0.354 e. The predicted molar refractivity (Wildman–Crippen MR) is 206 cm³/mol. The highest BCUT2D eigenvalue weighted by Gasteiger charge is 2.20. The zero-order chi connectivity index (χ0) is 35.2. The minimum atomic E-state index is -4.44. The maximum absolute atomic E-state index is 12.1. The van der Waals surface area contributed by atoms with Gasteiger partial charge in [0.2, 0.25) is 0 Å². The summed E-state index contributed by atoms with van der Waals surface area (Å²) < 4.78 is 12.1. The Hall–Kier alpha value is -6.58. The Morgan fingerprint density at radius 3 is 0.981 bits per heavy atom. The summed E-state index contributed by atoms with van der Waals surface area (Å²) in [6.07, 6.45) is 18.6. The Morgan fingerprint density at radius 1 is 0.404 bits per heavy atom. The molecule has 4 N–H and O–H groups in total. The SMILES string of the molecule is O=P(O)(O)c1ccc(-c2c3nc(c(-c4ccncc4)c4ccc([nH]4)c(-c4ccncc4)c4nc(c(-c5ccncc5)c5ccc2[nH]5)C=C4)C=C3)cc1. The molecule has 9 rings (SSSR count). The number of nitrogens with one attached hydrogen (secondary N) is 2. The van der Waals surface area contributed by atoms with Crippen LogP contribution in [0.25, 0.3) is 90.9 Å². The maximum Gasteiger partial charge on any atom is 0.356 e. The average molecular weight is 698 g/mol. The van der Waals surface area contributed by atoms with Crippen molar-refractivity contribution in [2.75, 3.05) is 0 Å². The van der Waals surface area contributed by atoms with E-state index in [-0.39, 0.29) is 5.30 Å². The van der Waals surface area contributed by atoms with Gasteiger partial charge in [-0.25, -0.2) is 9.97 Å². The van der Waals surface area contributed by atoms with Crippen LogP contribution < -0.4 is 5.30 Å². The van der Waals surface area contributed by atoms with Crippen molar-refractivity contribution in [2.24, 2.45) is 0 Å². The molecule has 52 heavy (non-hydrogen) atoms. The van der Waals surface area contributed by atoms with Gasteiger partial charge in [-0.3, -0.25) is 19.5 Å². The van der Waals surface area contributed by atoms with E-state index in [4.69, 9.17) is 9.97 Å². The highest BCUT2D eigenvalue weighted by Crippen LogP contribution is 2.39. The van der Waals surface area contributed by atoms with E-state index in [1.165, 1.54) is 12.1 Å². The second kappa shape index (κ2) is 12.6. The van der Waals surface area contributed by atoms with Crippen molar-refractivity contribution in [3.05, 3.63) is 145 Å². The summed E-state index contributed by atoms with van der Waals surface area (Å²) in [5.41, 5.74) is 13.3. The van der Waals surface area contributed by atoms with E-state index in [1.807, 2.05) is 72.8 Å². The Kier molecular flexibility index (Phi) is 7.63. The fourth-order valence-corrected chi connectivity index (χ4v) is 7.34. The number of fused-ring (bicyclic) bond motifs is 8. The van der Waals surface area contributed by atoms with Crippen LogP contribution >= 0.6 is 7.60 Å². The van der Waals surface area contributed by atoms with Gasteiger partial charge in [0.05, 0.1) is 28.1 Å². The number of hydrogen-bond acceptors (Lipinski definition) is 6. The monoisotopic (exact) mass is 697 g/mol. The predicted octanol–water partition coefficient (Wildman–Crippen LogP) is 8.31. The number of nitrogens with zero attached hydrogens (tertiary/aromatic N) is 5. The topological polar surface area (TPSA) is 154 Å². The Labute approximate surface area is 297 Å². The van der Waals surface area contributed by atoms with Crippen molar-refractivity contribution in [1.29, 1.82) is 0 Å². The standard InChI is InChI=1S/C41H28N7O3P/c49-52(50,51)29-3-1-25(2-4-29)38-30-5-7-32(45-30)39(26-13-19-42-20-14-26)34-9-11-36(47-34)41(28-17-23-44-24-18-28)37-12-10-35(48-37)40(27-15-21-43-22-16-27)33-8-6-31(38)46-33/h1-24,45,48H,(H2,49,50,51). The van der Waals surface area contributed by atoms with E-state index >= 15 is 0 Å². The first-order chi connectivity index (χ1) is 25.4. The number of rotatable bonds is 5. The molecule has 0 radical (unpaired) electrons. The number of aromatic amines is 2. The lowest BCUT2D eigenvalue weighted by molar-refractivity contribution is 0.387. The van der Waals surface area contributed by atoms with Crippen LogP contribution in [0.5, 0.6) is 0 Å². The van der Waals surface area contributed by atoms with E-state index in [0.29, 0.717) is 5.69 Å². The van der Waals surface area contributed by atoms with Crippen molar-refractivity contribution in [3.63, 3.8) is 0 Å². The van der Waals surface area contributed by atoms with Crippen molar-refractivity contribution < 1.29 is 14.4 Å². The molecule has 11 heteroatoms. The van der Waals surface area contributed by atoms with Crippen molar-refractivity contribution >= 4 is 59.3 Å². The summed E-state index contributed by atoms with van der Waals surface area (Å²) in [7, 11) is -4.44. The van der Waals surface area contributed by atoms with Crippen molar-refractivity contribution in [2.45, 2.75) is 0 Å².